The summed E-state index contributed by atoms with van der Waals surface area (Å²) in [5.41, 5.74) is 5.89. The minimum absolute atomic E-state index is 0.0662. The summed E-state index contributed by atoms with van der Waals surface area (Å²) in [6, 6.07) is 3.23. The molecule has 0 saturated heterocycles. The Balaban J connectivity index is 2.69. The number of carbonyl (C=O) groups is 1. The lowest BCUT2D eigenvalue weighted by molar-refractivity contribution is -0.384. The standard InChI is InChI=1S/C11H14ClN3O4/c1-19-6-10(13)11(16)14-5-7-4-8(15(17)18)2-3-9(7)12/h2-4,10H,5-6,13H2,1H3,(H,14,16). The molecule has 0 aliphatic heterocycles. The molecule has 1 aromatic carbocycles. The third-order valence-electron chi connectivity index (χ3n) is 2.38. The quantitative estimate of drug-likeness (QED) is 0.595. The van der Waals surface area contributed by atoms with E-state index in [9.17, 15) is 14.9 Å². The first-order valence-corrected chi connectivity index (χ1v) is 5.78. The molecule has 0 radical (unpaired) electrons. The number of methoxy groups -OCH3 is 1. The summed E-state index contributed by atoms with van der Waals surface area (Å²) in [6.07, 6.45) is 0. The van der Waals surface area contributed by atoms with E-state index in [0.717, 1.165) is 0 Å². The molecule has 104 valence electrons. The number of halogens is 1. The van der Waals surface area contributed by atoms with Gasteiger partial charge in [0.2, 0.25) is 5.91 Å². The van der Waals surface area contributed by atoms with Crippen molar-refractivity contribution in [1.82, 2.24) is 5.32 Å². The highest BCUT2D eigenvalue weighted by Gasteiger charge is 2.14. The van der Waals surface area contributed by atoms with E-state index in [-0.39, 0.29) is 18.8 Å². The van der Waals surface area contributed by atoms with Crippen molar-refractivity contribution >= 4 is 23.2 Å². The summed E-state index contributed by atoms with van der Waals surface area (Å²) in [6.45, 7) is 0.158. The SMILES string of the molecule is COCC(N)C(=O)NCc1cc([N+](=O)[O-])ccc1Cl. The van der Waals surface area contributed by atoms with Gasteiger partial charge in [0.15, 0.2) is 0 Å². The van der Waals surface area contributed by atoms with Gasteiger partial charge in [0.25, 0.3) is 5.69 Å². The van der Waals surface area contributed by atoms with Crippen LogP contribution in [0, 0.1) is 10.1 Å². The lowest BCUT2D eigenvalue weighted by atomic mass is 10.2. The van der Waals surface area contributed by atoms with Gasteiger partial charge in [0, 0.05) is 30.8 Å². The zero-order chi connectivity index (χ0) is 14.4. The number of nitrogens with two attached hydrogens (primary N) is 1. The second-order valence-corrected chi connectivity index (χ2v) is 4.22. The molecule has 0 aliphatic rings. The Kier molecular flexibility index (Phi) is 5.68. The van der Waals surface area contributed by atoms with Gasteiger partial charge in [-0.2, -0.15) is 0 Å². The van der Waals surface area contributed by atoms with Gasteiger partial charge in [-0.05, 0) is 11.6 Å². The Morgan fingerprint density at radius 1 is 1.63 bits per heavy atom. The summed E-state index contributed by atoms with van der Waals surface area (Å²) in [5.74, 6) is -0.413. The number of nitrogens with one attached hydrogen (secondary N) is 1. The van der Waals surface area contributed by atoms with Crippen LogP contribution in [-0.4, -0.2) is 30.6 Å². The first kappa shape index (κ1) is 15.4. The zero-order valence-corrected chi connectivity index (χ0v) is 11.0. The maximum atomic E-state index is 11.5. The Morgan fingerprint density at radius 3 is 2.89 bits per heavy atom. The predicted octanol–water partition coefficient (Wildman–Crippen LogP) is 0.838. The van der Waals surface area contributed by atoms with E-state index in [4.69, 9.17) is 22.1 Å². The Labute approximate surface area is 114 Å². The summed E-state index contributed by atoms with van der Waals surface area (Å²) < 4.78 is 4.75. The molecule has 1 rings (SSSR count). The lowest BCUT2D eigenvalue weighted by Crippen LogP contribution is -2.43. The van der Waals surface area contributed by atoms with Crippen LogP contribution in [-0.2, 0) is 16.1 Å². The molecule has 1 amide bonds. The second-order valence-electron chi connectivity index (χ2n) is 3.81. The topological polar surface area (TPSA) is 107 Å². The van der Waals surface area contributed by atoms with E-state index in [1.54, 1.807) is 0 Å². The molecule has 0 bridgehead atoms. The van der Waals surface area contributed by atoms with Gasteiger partial charge in [0.1, 0.15) is 6.04 Å². The average molecular weight is 288 g/mol. The van der Waals surface area contributed by atoms with Crippen LogP contribution in [0.15, 0.2) is 18.2 Å². The number of ether oxygens (including phenoxy) is 1. The molecule has 1 atom stereocenters. The highest BCUT2D eigenvalue weighted by atomic mass is 35.5. The molecule has 1 unspecified atom stereocenters. The molecule has 8 heteroatoms. The second kappa shape index (κ2) is 7.03. The molecular weight excluding hydrogens is 274 g/mol. The van der Waals surface area contributed by atoms with E-state index in [1.807, 2.05) is 0 Å². The molecule has 0 saturated carbocycles. The Hall–Kier alpha value is -1.70. The molecule has 0 heterocycles. The van der Waals surface area contributed by atoms with Crippen LogP contribution < -0.4 is 11.1 Å². The first-order chi connectivity index (χ1) is 8.95. The summed E-state index contributed by atoms with van der Waals surface area (Å²) >= 11 is 5.90. The Bertz CT molecular complexity index is 481. The number of nitro groups is 1. The van der Waals surface area contributed by atoms with Crippen molar-refractivity contribution in [2.24, 2.45) is 5.73 Å². The van der Waals surface area contributed by atoms with Crippen LogP contribution in [0.25, 0.3) is 0 Å². The highest BCUT2D eigenvalue weighted by Crippen LogP contribution is 2.21. The maximum absolute atomic E-state index is 11.5. The number of carbonyl (C=O) groups excluding carboxylic acids is 1. The maximum Gasteiger partial charge on any atom is 0.269 e. The van der Waals surface area contributed by atoms with Gasteiger partial charge < -0.3 is 15.8 Å². The summed E-state index contributed by atoms with van der Waals surface area (Å²) in [5, 5.41) is 13.5. The van der Waals surface area contributed by atoms with E-state index in [1.165, 1.54) is 25.3 Å². The number of nitro benzene ring substituents is 1. The number of hydrogen-bond donors (Lipinski definition) is 2. The van der Waals surface area contributed by atoms with Gasteiger partial charge in [-0.3, -0.25) is 14.9 Å². The van der Waals surface area contributed by atoms with Gasteiger partial charge >= 0.3 is 0 Å². The number of non-ortho nitro benzene ring substituents is 1. The molecule has 0 fully saturated rings. The van der Waals surface area contributed by atoms with E-state index in [2.05, 4.69) is 5.32 Å². The summed E-state index contributed by atoms with van der Waals surface area (Å²) in [7, 11) is 1.44. The zero-order valence-electron chi connectivity index (χ0n) is 10.3. The Morgan fingerprint density at radius 2 is 2.32 bits per heavy atom. The minimum Gasteiger partial charge on any atom is -0.383 e. The van der Waals surface area contributed by atoms with Gasteiger partial charge in [-0.1, -0.05) is 11.6 Å². The van der Waals surface area contributed by atoms with Crippen LogP contribution >= 0.6 is 11.6 Å². The third kappa shape index (κ3) is 4.47. The fourth-order valence-electron chi connectivity index (χ4n) is 1.38. The van der Waals surface area contributed by atoms with Crippen LogP contribution in [0.5, 0.6) is 0 Å². The van der Waals surface area contributed by atoms with Crippen LogP contribution in [0.4, 0.5) is 5.69 Å². The smallest absolute Gasteiger partial charge is 0.269 e. The van der Waals surface area contributed by atoms with Crippen molar-refractivity contribution in [3.05, 3.63) is 38.9 Å². The fraction of sp³-hybridized carbons (Fsp3) is 0.364. The molecular formula is C11H14ClN3O4. The van der Waals surface area contributed by atoms with Gasteiger partial charge in [-0.25, -0.2) is 0 Å². The van der Waals surface area contributed by atoms with Gasteiger partial charge in [-0.15, -0.1) is 0 Å². The van der Waals surface area contributed by atoms with Crippen molar-refractivity contribution in [2.75, 3.05) is 13.7 Å². The largest absolute Gasteiger partial charge is 0.383 e. The van der Waals surface area contributed by atoms with Crippen LogP contribution in [0.2, 0.25) is 5.02 Å². The lowest BCUT2D eigenvalue weighted by Gasteiger charge is -2.11. The predicted molar refractivity (Wildman–Crippen MR) is 69.8 cm³/mol. The van der Waals surface area contributed by atoms with Crippen molar-refractivity contribution in [3.8, 4) is 0 Å². The van der Waals surface area contributed by atoms with Crippen LogP contribution in [0.1, 0.15) is 5.56 Å². The van der Waals surface area contributed by atoms with Crippen LogP contribution in [0.3, 0.4) is 0 Å². The molecule has 7 nitrogen and oxygen atoms in total. The van der Waals surface area contributed by atoms with E-state index in [0.29, 0.717) is 10.6 Å². The molecule has 0 aliphatic carbocycles. The number of benzene rings is 1. The van der Waals surface area contributed by atoms with E-state index < -0.39 is 16.9 Å². The third-order valence-corrected chi connectivity index (χ3v) is 2.74. The highest BCUT2D eigenvalue weighted by molar-refractivity contribution is 6.31. The molecule has 0 aromatic heterocycles. The number of hydrogen-bond acceptors (Lipinski definition) is 5. The molecule has 19 heavy (non-hydrogen) atoms. The average Bonchev–Trinajstić information content (AvgIpc) is 2.37. The summed E-state index contributed by atoms with van der Waals surface area (Å²) in [4.78, 5) is 21.6. The number of nitrogens with zero attached hydrogens (tertiary/aromatic N) is 1. The normalized spacial score (nSPS) is 11.9. The van der Waals surface area contributed by atoms with Crippen molar-refractivity contribution < 1.29 is 14.5 Å². The molecule has 0 spiro atoms. The van der Waals surface area contributed by atoms with Crippen molar-refractivity contribution in [1.29, 1.82) is 0 Å². The van der Waals surface area contributed by atoms with Crippen molar-refractivity contribution in [3.63, 3.8) is 0 Å². The molecule has 3 N–H and O–H groups in total. The molecule has 1 aromatic rings. The fourth-order valence-corrected chi connectivity index (χ4v) is 1.56. The number of amides is 1. The van der Waals surface area contributed by atoms with Gasteiger partial charge in [0.05, 0.1) is 11.5 Å². The van der Waals surface area contributed by atoms with Crippen molar-refractivity contribution in [2.45, 2.75) is 12.6 Å². The first-order valence-electron chi connectivity index (χ1n) is 5.40. The monoisotopic (exact) mass is 287 g/mol. The van der Waals surface area contributed by atoms with E-state index >= 15 is 0 Å². The minimum atomic E-state index is -0.789. The number of rotatable bonds is 6.